The molecule has 1 fully saturated rings. The first-order valence-electron chi connectivity index (χ1n) is 7.68. The van der Waals surface area contributed by atoms with Crippen molar-refractivity contribution >= 4 is 22.4 Å². The number of aromatic nitrogens is 2. The van der Waals surface area contributed by atoms with Gasteiger partial charge in [0.2, 0.25) is 10.0 Å². The fraction of sp³-hybridized carbons (Fsp3) is 0.438. The summed E-state index contributed by atoms with van der Waals surface area (Å²) < 4.78 is 29.9. The van der Waals surface area contributed by atoms with E-state index in [9.17, 15) is 8.42 Å². The summed E-state index contributed by atoms with van der Waals surface area (Å²) in [4.78, 5) is 4.74. The number of imidazole rings is 1. The van der Waals surface area contributed by atoms with Crippen LogP contribution in [0.3, 0.4) is 0 Å². The molecule has 1 atom stereocenters. The van der Waals surface area contributed by atoms with Crippen LogP contribution in [0.1, 0.15) is 23.0 Å². The molecule has 1 N–H and O–H groups in total. The van der Waals surface area contributed by atoms with Gasteiger partial charge in [-0.05, 0) is 31.0 Å². The quantitative estimate of drug-likeness (QED) is 0.894. The molecule has 0 spiro atoms. The number of benzene rings is 1. The Morgan fingerprint density at radius 2 is 2.04 bits per heavy atom. The van der Waals surface area contributed by atoms with Crippen molar-refractivity contribution in [2.24, 2.45) is 7.05 Å². The summed E-state index contributed by atoms with van der Waals surface area (Å²) in [6, 6.07) is 5.25. The second-order valence-corrected chi connectivity index (χ2v) is 7.86. The van der Waals surface area contributed by atoms with Crippen LogP contribution in [-0.2, 0) is 17.1 Å². The Balaban J connectivity index is 0.00000208. The van der Waals surface area contributed by atoms with E-state index in [4.69, 9.17) is 0 Å². The number of piperazine rings is 1. The van der Waals surface area contributed by atoms with Gasteiger partial charge in [0.1, 0.15) is 5.82 Å². The maximum atomic E-state index is 13.2. The lowest BCUT2D eigenvalue weighted by molar-refractivity contribution is 0.258. The Morgan fingerprint density at radius 1 is 1.29 bits per heavy atom. The molecule has 0 saturated carbocycles. The zero-order valence-corrected chi connectivity index (χ0v) is 15.7. The minimum atomic E-state index is -3.57. The van der Waals surface area contributed by atoms with Crippen LogP contribution in [-0.4, -0.2) is 41.9 Å². The molecule has 0 aliphatic carbocycles. The van der Waals surface area contributed by atoms with Crippen molar-refractivity contribution < 1.29 is 8.42 Å². The minimum absolute atomic E-state index is 0. The summed E-state index contributed by atoms with van der Waals surface area (Å²) in [5.41, 5.74) is 1.71. The van der Waals surface area contributed by atoms with Crippen LogP contribution in [0.5, 0.6) is 0 Å². The summed E-state index contributed by atoms with van der Waals surface area (Å²) in [6.45, 7) is 5.39. The van der Waals surface area contributed by atoms with Crippen LogP contribution in [0.2, 0.25) is 0 Å². The van der Waals surface area contributed by atoms with Crippen molar-refractivity contribution in [2.45, 2.75) is 24.8 Å². The lowest BCUT2D eigenvalue weighted by Crippen LogP contribution is -2.49. The number of nitrogens with zero attached hydrogens (tertiary/aromatic N) is 3. The van der Waals surface area contributed by atoms with Gasteiger partial charge < -0.3 is 9.88 Å². The first kappa shape index (κ1) is 18.9. The van der Waals surface area contributed by atoms with Gasteiger partial charge in [0.15, 0.2) is 0 Å². The molecule has 2 aromatic rings. The van der Waals surface area contributed by atoms with Gasteiger partial charge in [0.25, 0.3) is 0 Å². The van der Waals surface area contributed by atoms with Gasteiger partial charge in [-0.15, -0.1) is 12.4 Å². The molecule has 0 bridgehead atoms. The Kier molecular flexibility index (Phi) is 5.70. The first-order chi connectivity index (χ1) is 10.9. The van der Waals surface area contributed by atoms with Gasteiger partial charge >= 0.3 is 0 Å². The largest absolute Gasteiger partial charge is 0.337 e. The first-order valence-corrected chi connectivity index (χ1v) is 9.12. The summed E-state index contributed by atoms with van der Waals surface area (Å²) >= 11 is 0. The molecule has 24 heavy (non-hydrogen) atoms. The van der Waals surface area contributed by atoms with Gasteiger partial charge in [-0.2, -0.15) is 4.31 Å². The highest BCUT2D eigenvalue weighted by Gasteiger charge is 2.36. The van der Waals surface area contributed by atoms with E-state index in [2.05, 4.69) is 10.3 Å². The van der Waals surface area contributed by atoms with Gasteiger partial charge in [0, 0.05) is 39.1 Å². The predicted molar refractivity (Wildman–Crippen MR) is 95.9 cm³/mol. The third-order valence-electron chi connectivity index (χ3n) is 4.28. The van der Waals surface area contributed by atoms with Crippen LogP contribution >= 0.6 is 12.4 Å². The standard InChI is InChI=1S/C16H22N4O2S.ClH/c1-12-4-5-13(2)15(10-12)23(21,22)20-9-6-17-11-14(20)16-18-7-8-19(16)3;/h4-5,7-8,10,14,17H,6,9,11H2,1-3H3;1H. The molecule has 1 unspecified atom stereocenters. The molecule has 0 radical (unpaired) electrons. The number of nitrogens with one attached hydrogen (secondary N) is 1. The molecule has 1 aliphatic rings. The number of hydrogen-bond acceptors (Lipinski definition) is 4. The van der Waals surface area contributed by atoms with Crippen molar-refractivity contribution in [2.75, 3.05) is 19.6 Å². The third-order valence-corrected chi connectivity index (χ3v) is 6.33. The van der Waals surface area contributed by atoms with E-state index in [-0.39, 0.29) is 18.4 Å². The van der Waals surface area contributed by atoms with Crippen LogP contribution in [0.25, 0.3) is 0 Å². The molecule has 132 valence electrons. The molecule has 1 aromatic carbocycles. The van der Waals surface area contributed by atoms with Crippen molar-refractivity contribution in [3.63, 3.8) is 0 Å². The molecule has 1 aromatic heterocycles. The van der Waals surface area contributed by atoms with Crippen molar-refractivity contribution in [1.82, 2.24) is 19.2 Å². The Bertz CT molecular complexity index is 819. The fourth-order valence-electron chi connectivity index (χ4n) is 3.00. The lowest BCUT2D eigenvalue weighted by atomic mass is 10.2. The second-order valence-electron chi connectivity index (χ2n) is 6.00. The summed E-state index contributed by atoms with van der Waals surface area (Å²) in [5, 5.41) is 3.27. The second kappa shape index (κ2) is 7.23. The highest BCUT2D eigenvalue weighted by atomic mass is 35.5. The minimum Gasteiger partial charge on any atom is -0.337 e. The van der Waals surface area contributed by atoms with E-state index in [0.717, 1.165) is 17.0 Å². The highest BCUT2D eigenvalue weighted by Crippen LogP contribution is 2.29. The lowest BCUT2D eigenvalue weighted by Gasteiger charge is -2.35. The monoisotopic (exact) mass is 370 g/mol. The molecule has 6 nitrogen and oxygen atoms in total. The van der Waals surface area contributed by atoms with Crippen LogP contribution in [0, 0.1) is 13.8 Å². The predicted octanol–water partition coefficient (Wildman–Crippen LogP) is 1.79. The molecule has 0 amide bonds. The van der Waals surface area contributed by atoms with Gasteiger partial charge in [0.05, 0.1) is 10.9 Å². The molecule has 1 aliphatic heterocycles. The number of rotatable bonds is 3. The molecule has 2 heterocycles. The number of hydrogen-bond donors (Lipinski definition) is 1. The Morgan fingerprint density at radius 3 is 2.71 bits per heavy atom. The van der Waals surface area contributed by atoms with Crippen LogP contribution in [0.15, 0.2) is 35.5 Å². The van der Waals surface area contributed by atoms with Crippen molar-refractivity contribution in [3.05, 3.63) is 47.5 Å². The number of halogens is 1. The third kappa shape index (κ3) is 3.35. The molecule has 1 saturated heterocycles. The summed E-state index contributed by atoms with van der Waals surface area (Å²) in [6.07, 6.45) is 3.54. The smallest absolute Gasteiger partial charge is 0.244 e. The fourth-order valence-corrected chi connectivity index (χ4v) is 4.90. The van der Waals surface area contributed by atoms with Gasteiger partial charge in [-0.1, -0.05) is 12.1 Å². The van der Waals surface area contributed by atoms with E-state index < -0.39 is 10.0 Å². The van der Waals surface area contributed by atoms with E-state index in [0.29, 0.717) is 24.5 Å². The van der Waals surface area contributed by atoms with E-state index in [1.54, 1.807) is 16.6 Å². The van der Waals surface area contributed by atoms with Gasteiger partial charge in [-0.3, -0.25) is 0 Å². The Hall–Kier alpha value is -1.41. The average molecular weight is 371 g/mol. The zero-order chi connectivity index (χ0) is 16.6. The summed E-state index contributed by atoms with van der Waals surface area (Å²) in [5.74, 6) is 0.756. The van der Waals surface area contributed by atoms with E-state index in [1.165, 1.54) is 0 Å². The molecular weight excluding hydrogens is 348 g/mol. The zero-order valence-electron chi connectivity index (χ0n) is 14.1. The molecular formula is C16H23ClN4O2S. The highest BCUT2D eigenvalue weighted by molar-refractivity contribution is 7.89. The Labute approximate surface area is 149 Å². The van der Waals surface area contributed by atoms with Crippen molar-refractivity contribution in [1.29, 1.82) is 0 Å². The summed E-state index contributed by atoms with van der Waals surface area (Å²) in [7, 11) is -1.68. The normalized spacial score (nSPS) is 19.0. The molecule has 8 heteroatoms. The van der Waals surface area contributed by atoms with E-state index >= 15 is 0 Å². The topological polar surface area (TPSA) is 67.2 Å². The van der Waals surface area contributed by atoms with Crippen LogP contribution < -0.4 is 5.32 Å². The molecule has 3 rings (SSSR count). The van der Waals surface area contributed by atoms with E-state index in [1.807, 2.05) is 43.8 Å². The van der Waals surface area contributed by atoms with Gasteiger partial charge in [-0.25, -0.2) is 13.4 Å². The van der Waals surface area contributed by atoms with Crippen molar-refractivity contribution in [3.8, 4) is 0 Å². The van der Waals surface area contributed by atoms with Crippen LogP contribution in [0.4, 0.5) is 0 Å². The maximum Gasteiger partial charge on any atom is 0.244 e. The average Bonchev–Trinajstić information content (AvgIpc) is 2.95. The number of aryl methyl sites for hydroxylation is 3. The SMILES string of the molecule is Cc1ccc(C)c(S(=O)(=O)N2CCNCC2c2nccn2C)c1.Cl. The maximum absolute atomic E-state index is 13.2. The number of sulfonamides is 1.